The quantitative estimate of drug-likeness (QED) is 0.252. The topological polar surface area (TPSA) is 123 Å². The predicted molar refractivity (Wildman–Crippen MR) is 159 cm³/mol. The van der Waals surface area contributed by atoms with Gasteiger partial charge in [0.05, 0.1) is 23.0 Å². The maximum atomic E-state index is 12.9. The Morgan fingerprint density at radius 1 is 0.927 bits per heavy atom. The van der Waals surface area contributed by atoms with Crippen molar-refractivity contribution >= 4 is 34.8 Å². The summed E-state index contributed by atoms with van der Waals surface area (Å²) in [7, 11) is 0. The lowest BCUT2D eigenvalue weighted by Gasteiger charge is -2.35. The number of carbonyl (C=O) groups excluding carboxylic acids is 1. The zero-order chi connectivity index (χ0) is 28.3. The Morgan fingerprint density at radius 3 is 2.49 bits per heavy atom. The SMILES string of the molecule is N#Cc1cccc(C(=O)N2CCN(Cc3ccc(C(=N)N4C(=N)c5ccccc5Nc5ncccc54)cc3)CC2)c1. The van der Waals surface area contributed by atoms with Gasteiger partial charge in [0.15, 0.2) is 5.82 Å². The standard InChI is InChI=1S/C32H28N8O/c33-20-23-5-3-6-25(19-23)32(41)39-17-15-38(16-18-39)21-22-10-12-24(13-11-22)29(34)40-28-9-4-14-36-31(28)37-27-8-2-1-7-26(27)30(40)35/h1-14,19,34-35H,15-18,21H2,(H,36,37). The van der Waals surface area contributed by atoms with Crippen LogP contribution in [0.5, 0.6) is 0 Å². The minimum Gasteiger partial charge on any atom is -0.338 e. The summed E-state index contributed by atoms with van der Waals surface area (Å²) in [6.45, 7) is 3.49. The number of nitrogens with zero attached hydrogens (tertiary/aromatic N) is 5. The third-order valence-electron chi connectivity index (χ3n) is 7.44. The van der Waals surface area contributed by atoms with Crippen molar-refractivity contribution in [2.45, 2.75) is 6.54 Å². The van der Waals surface area contributed by atoms with Crippen molar-refractivity contribution < 1.29 is 4.79 Å². The largest absolute Gasteiger partial charge is 0.338 e. The molecule has 3 aromatic carbocycles. The normalized spacial score (nSPS) is 14.8. The van der Waals surface area contributed by atoms with Crippen molar-refractivity contribution in [3.05, 3.63) is 119 Å². The highest BCUT2D eigenvalue weighted by molar-refractivity contribution is 6.30. The molecule has 2 aliphatic rings. The fourth-order valence-electron chi connectivity index (χ4n) is 5.24. The number of aromatic nitrogens is 1. The number of hydrogen-bond acceptors (Lipinski definition) is 7. The van der Waals surface area contributed by atoms with Gasteiger partial charge in [0.2, 0.25) is 0 Å². The van der Waals surface area contributed by atoms with Crippen LogP contribution in [0.25, 0.3) is 0 Å². The number of nitriles is 1. The molecule has 0 radical (unpaired) electrons. The van der Waals surface area contributed by atoms with Crippen LogP contribution in [-0.2, 0) is 6.54 Å². The molecule has 0 atom stereocenters. The Bertz CT molecular complexity index is 1680. The van der Waals surface area contributed by atoms with Crippen molar-refractivity contribution in [1.82, 2.24) is 14.8 Å². The lowest BCUT2D eigenvalue weighted by Crippen LogP contribution is -2.48. The van der Waals surface area contributed by atoms with Crippen LogP contribution in [-0.4, -0.2) is 58.5 Å². The molecule has 0 saturated carbocycles. The number of anilines is 3. The first-order valence-corrected chi connectivity index (χ1v) is 13.4. The number of hydrogen-bond donors (Lipinski definition) is 3. The Labute approximate surface area is 238 Å². The fraction of sp³-hybridized carbons (Fsp3) is 0.156. The van der Waals surface area contributed by atoms with Crippen LogP contribution in [0.2, 0.25) is 0 Å². The average Bonchev–Trinajstić information content (AvgIpc) is 3.15. The third-order valence-corrected chi connectivity index (χ3v) is 7.44. The van der Waals surface area contributed by atoms with Gasteiger partial charge in [-0.2, -0.15) is 5.26 Å². The Kier molecular flexibility index (Phi) is 6.98. The van der Waals surface area contributed by atoms with Gasteiger partial charge in [0.25, 0.3) is 5.91 Å². The number of benzene rings is 3. The van der Waals surface area contributed by atoms with E-state index >= 15 is 0 Å². The molecule has 1 amide bonds. The molecule has 1 saturated heterocycles. The van der Waals surface area contributed by atoms with Gasteiger partial charge in [0.1, 0.15) is 11.7 Å². The molecular weight excluding hydrogens is 512 g/mol. The molecule has 3 N–H and O–H groups in total. The molecule has 0 spiro atoms. The highest BCUT2D eigenvalue weighted by Gasteiger charge is 2.28. The molecule has 0 aliphatic carbocycles. The number of nitrogens with one attached hydrogen (secondary N) is 3. The van der Waals surface area contributed by atoms with E-state index in [9.17, 15) is 4.79 Å². The molecule has 4 aromatic rings. The van der Waals surface area contributed by atoms with Gasteiger partial charge in [-0.15, -0.1) is 0 Å². The summed E-state index contributed by atoms with van der Waals surface area (Å²) >= 11 is 0. The van der Waals surface area contributed by atoms with Gasteiger partial charge in [-0.05, 0) is 48.0 Å². The summed E-state index contributed by atoms with van der Waals surface area (Å²) in [6, 6.07) is 28.1. The molecular formula is C32H28N8O. The van der Waals surface area contributed by atoms with Crippen molar-refractivity contribution in [2.24, 2.45) is 0 Å². The van der Waals surface area contributed by atoms with Crippen LogP contribution >= 0.6 is 0 Å². The molecule has 2 aliphatic heterocycles. The minimum atomic E-state index is -0.0432. The molecule has 1 fully saturated rings. The number of piperazine rings is 1. The van der Waals surface area contributed by atoms with Crippen molar-refractivity contribution in [3.63, 3.8) is 0 Å². The lowest BCUT2D eigenvalue weighted by molar-refractivity contribution is 0.0628. The lowest BCUT2D eigenvalue weighted by atomic mass is 10.1. The molecule has 1 aromatic heterocycles. The smallest absolute Gasteiger partial charge is 0.253 e. The van der Waals surface area contributed by atoms with Gasteiger partial charge < -0.3 is 10.2 Å². The van der Waals surface area contributed by atoms with Gasteiger partial charge in [0, 0.05) is 55.6 Å². The van der Waals surface area contributed by atoms with Gasteiger partial charge in [-0.1, -0.05) is 42.5 Å². The predicted octanol–water partition coefficient (Wildman–Crippen LogP) is 4.83. The highest BCUT2D eigenvalue weighted by Crippen LogP contribution is 2.34. The highest BCUT2D eigenvalue weighted by atomic mass is 16.2. The monoisotopic (exact) mass is 540 g/mol. The van der Waals surface area contributed by atoms with E-state index in [1.807, 2.05) is 65.6 Å². The Hall–Kier alpha value is -5.33. The maximum Gasteiger partial charge on any atom is 0.253 e. The summed E-state index contributed by atoms with van der Waals surface area (Å²) < 4.78 is 0. The first kappa shape index (κ1) is 25.9. The summed E-state index contributed by atoms with van der Waals surface area (Å²) in [6.07, 6.45) is 1.70. The summed E-state index contributed by atoms with van der Waals surface area (Å²) in [5, 5.41) is 30.5. The van der Waals surface area contributed by atoms with Crippen molar-refractivity contribution in [2.75, 3.05) is 36.4 Å². The second-order valence-corrected chi connectivity index (χ2v) is 10.0. The van der Waals surface area contributed by atoms with E-state index in [-0.39, 0.29) is 17.6 Å². The number of amides is 1. The van der Waals surface area contributed by atoms with Crippen LogP contribution in [0.4, 0.5) is 17.2 Å². The van der Waals surface area contributed by atoms with Crippen LogP contribution in [0.15, 0.2) is 91.1 Å². The Balaban J connectivity index is 1.13. The molecule has 41 heavy (non-hydrogen) atoms. The fourth-order valence-corrected chi connectivity index (χ4v) is 5.24. The minimum absolute atomic E-state index is 0.0432. The summed E-state index contributed by atoms with van der Waals surface area (Å²) in [5.41, 5.74) is 4.97. The van der Waals surface area contributed by atoms with Crippen molar-refractivity contribution in [1.29, 1.82) is 16.1 Å². The first-order chi connectivity index (χ1) is 20.0. The van der Waals surface area contributed by atoms with Crippen LogP contribution in [0.1, 0.15) is 32.6 Å². The number of rotatable bonds is 4. The second kappa shape index (κ2) is 11.0. The molecule has 9 heteroatoms. The van der Waals surface area contributed by atoms with Gasteiger partial charge in [-0.25, -0.2) is 4.98 Å². The van der Waals surface area contributed by atoms with E-state index in [0.29, 0.717) is 46.8 Å². The second-order valence-electron chi connectivity index (χ2n) is 10.0. The van der Waals surface area contributed by atoms with E-state index in [2.05, 4.69) is 21.3 Å². The molecule has 6 rings (SSSR count). The zero-order valence-electron chi connectivity index (χ0n) is 22.3. The molecule has 3 heterocycles. The van der Waals surface area contributed by atoms with E-state index < -0.39 is 0 Å². The third kappa shape index (κ3) is 5.16. The molecule has 0 unspecified atom stereocenters. The number of fused-ring (bicyclic) bond motifs is 2. The van der Waals surface area contributed by atoms with Gasteiger partial charge in [-0.3, -0.25) is 25.4 Å². The van der Waals surface area contributed by atoms with E-state index in [0.717, 1.165) is 30.9 Å². The first-order valence-electron chi connectivity index (χ1n) is 13.4. The average molecular weight is 541 g/mol. The van der Waals surface area contributed by atoms with E-state index in [1.54, 1.807) is 35.4 Å². The summed E-state index contributed by atoms with van der Waals surface area (Å²) in [4.78, 5) is 23.2. The number of carbonyl (C=O) groups is 1. The molecule has 202 valence electrons. The van der Waals surface area contributed by atoms with Crippen LogP contribution in [0.3, 0.4) is 0 Å². The zero-order valence-corrected chi connectivity index (χ0v) is 22.3. The van der Waals surface area contributed by atoms with E-state index in [1.165, 1.54) is 0 Å². The summed E-state index contributed by atoms with van der Waals surface area (Å²) in [5.74, 6) is 0.958. The van der Waals surface area contributed by atoms with Crippen molar-refractivity contribution in [3.8, 4) is 6.07 Å². The molecule has 9 nitrogen and oxygen atoms in total. The van der Waals surface area contributed by atoms with Crippen LogP contribution in [0, 0.1) is 22.1 Å². The van der Waals surface area contributed by atoms with E-state index in [4.69, 9.17) is 16.1 Å². The number of pyridine rings is 1. The molecule has 0 bridgehead atoms. The van der Waals surface area contributed by atoms with Crippen LogP contribution < -0.4 is 10.2 Å². The van der Waals surface area contributed by atoms with Gasteiger partial charge >= 0.3 is 0 Å². The maximum absolute atomic E-state index is 12.9. The number of para-hydroxylation sites is 1. The Morgan fingerprint density at radius 2 is 1.71 bits per heavy atom. The number of amidine groups is 2.